The standard InChI is InChI=1S/C15H28O4/c1-3-9-13(10-4-2)19-15(18)12-8-6-5-7-11-14(16)17/h13H,3-12H2,1-2H3,(H,16,17). The van der Waals surface area contributed by atoms with E-state index < -0.39 is 5.97 Å². The number of hydrogen-bond donors (Lipinski definition) is 1. The molecule has 0 radical (unpaired) electrons. The van der Waals surface area contributed by atoms with E-state index in [1.165, 1.54) is 0 Å². The van der Waals surface area contributed by atoms with Gasteiger partial charge in [0.15, 0.2) is 0 Å². The zero-order valence-electron chi connectivity index (χ0n) is 12.3. The van der Waals surface area contributed by atoms with Gasteiger partial charge in [-0.3, -0.25) is 9.59 Å². The lowest BCUT2D eigenvalue weighted by molar-refractivity contribution is -0.150. The Bertz CT molecular complexity index is 245. The van der Waals surface area contributed by atoms with Gasteiger partial charge in [0.2, 0.25) is 0 Å². The highest BCUT2D eigenvalue weighted by atomic mass is 16.5. The van der Waals surface area contributed by atoms with Crippen molar-refractivity contribution in [2.45, 2.75) is 84.2 Å². The molecule has 0 amide bonds. The summed E-state index contributed by atoms with van der Waals surface area (Å²) in [4.78, 5) is 21.9. The SMILES string of the molecule is CCCC(CCC)OC(=O)CCCCCCC(=O)O. The second-order valence-electron chi connectivity index (χ2n) is 5.00. The van der Waals surface area contributed by atoms with E-state index >= 15 is 0 Å². The molecule has 4 nitrogen and oxygen atoms in total. The van der Waals surface area contributed by atoms with Crippen molar-refractivity contribution in [1.29, 1.82) is 0 Å². The minimum absolute atomic E-state index is 0.0783. The fraction of sp³-hybridized carbons (Fsp3) is 0.867. The van der Waals surface area contributed by atoms with Crippen LogP contribution in [0.15, 0.2) is 0 Å². The topological polar surface area (TPSA) is 63.6 Å². The van der Waals surface area contributed by atoms with Crippen molar-refractivity contribution in [1.82, 2.24) is 0 Å². The fourth-order valence-corrected chi connectivity index (χ4v) is 2.05. The van der Waals surface area contributed by atoms with Gasteiger partial charge in [-0.25, -0.2) is 0 Å². The smallest absolute Gasteiger partial charge is 0.306 e. The van der Waals surface area contributed by atoms with Gasteiger partial charge in [0, 0.05) is 12.8 Å². The Morgan fingerprint density at radius 3 is 1.95 bits per heavy atom. The maximum atomic E-state index is 11.6. The van der Waals surface area contributed by atoms with Gasteiger partial charge in [0.25, 0.3) is 0 Å². The summed E-state index contributed by atoms with van der Waals surface area (Å²) in [5.41, 5.74) is 0. The first-order chi connectivity index (χ1) is 9.10. The minimum atomic E-state index is -0.749. The first-order valence-corrected chi connectivity index (χ1v) is 7.51. The van der Waals surface area contributed by atoms with Crippen molar-refractivity contribution >= 4 is 11.9 Å². The molecular formula is C15H28O4. The molecule has 19 heavy (non-hydrogen) atoms. The monoisotopic (exact) mass is 272 g/mol. The Morgan fingerprint density at radius 1 is 0.947 bits per heavy atom. The molecule has 0 aliphatic heterocycles. The molecule has 112 valence electrons. The highest BCUT2D eigenvalue weighted by Gasteiger charge is 2.12. The van der Waals surface area contributed by atoms with E-state index in [4.69, 9.17) is 9.84 Å². The molecule has 0 saturated heterocycles. The molecule has 0 aromatic carbocycles. The molecule has 0 aliphatic rings. The number of carboxylic acid groups (broad SMARTS) is 1. The fourth-order valence-electron chi connectivity index (χ4n) is 2.05. The maximum Gasteiger partial charge on any atom is 0.306 e. The summed E-state index contributed by atoms with van der Waals surface area (Å²) in [6, 6.07) is 0. The van der Waals surface area contributed by atoms with Crippen LogP contribution < -0.4 is 0 Å². The summed E-state index contributed by atoms with van der Waals surface area (Å²) >= 11 is 0. The first-order valence-electron chi connectivity index (χ1n) is 7.51. The Hall–Kier alpha value is -1.06. The minimum Gasteiger partial charge on any atom is -0.481 e. The normalized spacial score (nSPS) is 10.7. The maximum absolute atomic E-state index is 11.6. The van der Waals surface area contributed by atoms with Gasteiger partial charge < -0.3 is 9.84 Å². The van der Waals surface area contributed by atoms with E-state index in [9.17, 15) is 9.59 Å². The summed E-state index contributed by atoms with van der Waals surface area (Å²) in [6.07, 6.45) is 7.96. The quantitative estimate of drug-likeness (QED) is 0.432. The molecular weight excluding hydrogens is 244 g/mol. The molecule has 0 fully saturated rings. The van der Waals surface area contributed by atoms with Crippen LogP contribution in [0.5, 0.6) is 0 Å². The van der Waals surface area contributed by atoms with Crippen LogP contribution in [0.2, 0.25) is 0 Å². The summed E-state index contributed by atoms with van der Waals surface area (Å²) in [7, 11) is 0. The van der Waals surface area contributed by atoms with Crippen LogP contribution in [0.1, 0.15) is 78.1 Å². The van der Waals surface area contributed by atoms with E-state index in [0.29, 0.717) is 12.8 Å². The van der Waals surface area contributed by atoms with Crippen LogP contribution in [0.25, 0.3) is 0 Å². The zero-order valence-corrected chi connectivity index (χ0v) is 12.3. The van der Waals surface area contributed by atoms with Crippen LogP contribution in [0, 0.1) is 0 Å². The second-order valence-corrected chi connectivity index (χ2v) is 5.00. The van der Waals surface area contributed by atoms with E-state index in [-0.39, 0.29) is 18.5 Å². The Balaban J connectivity index is 3.58. The molecule has 0 aromatic heterocycles. The van der Waals surface area contributed by atoms with Gasteiger partial charge in [-0.1, -0.05) is 39.5 Å². The van der Waals surface area contributed by atoms with Gasteiger partial charge in [-0.05, 0) is 25.7 Å². The van der Waals surface area contributed by atoms with E-state index in [2.05, 4.69) is 13.8 Å². The van der Waals surface area contributed by atoms with Gasteiger partial charge in [0.05, 0.1) is 0 Å². The molecule has 0 rings (SSSR count). The molecule has 0 unspecified atom stereocenters. The van der Waals surface area contributed by atoms with E-state index in [1.54, 1.807) is 0 Å². The third-order valence-corrected chi connectivity index (χ3v) is 3.04. The summed E-state index contributed by atoms with van der Waals surface area (Å²) in [6.45, 7) is 4.19. The molecule has 0 heterocycles. The largest absolute Gasteiger partial charge is 0.481 e. The van der Waals surface area contributed by atoms with Crippen LogP contribution in [-0.2, 0) is 14.3 Å². The highest BCUT2D eigenvalue weighted by molar-refractivity contribution is 5.69. The number of hydrogen-bond acceptors (Lipinski definition) is 3. The average molecular weight is 272 g/mol. The number of carboxylic acids is 1. The lowest BCUT2D eigenvalue weighted by atomic mass is 10.1. The number of rotatable bonds is 12. The number of carbonyl (C=O) groups is 2. The zero-order chi connectivity index (χ0) is 14.5. The summed E-state index contributed by atoms with van der Waals surface area (Å²) in [5.74, 6) is -0.855. The predicted octanol–water partition coefficient (Wildman–Crippen LogP) is 3.92. The molecule has 4 heteroatoms. The van der Waals surface area contributed by atoms with E-state index in [1.807, 2.05) is 0 Å². The van der Waals surface area contributed by atoms with Crippen LogP contribution >= 0.6 is 0 Å². The van der Waals surface area contributed by atoms with Crippen molar-refractivity contribution < 1.29 is 19.4 Å². The van der Waals surface area contributed by atoms with E-state index in [0.717, 1.165) is 44.9 Å². The van der Waals surface area contributed by atoms with Crippen LogP contribution in [0.4, 0.5) is 0 Å². The van der Waals surface area contributed by atoms with Gasteiger partial charge >= 0.3 is 11.9 Å². The lowest BCUT2D eigenvalue weighted by Crippen LogP contribution is -2.17. The lowest BCUT2D eigenvalue weighted by Gasteiger charge is -2.16. The Kier molecular flexibility index (Phi) is 11.3. The average Bonchev–Trinajstić information content (AvgIpc) is 2.34. The van der Waals surface area contributed by atoms with Crippen molar-refractivity contribution in [3.05, 3.63) is 0 Å². The highest BCUT2D eigenvalue weighted by Crippen LogP contribution is 2.12. The van der Waals surface area contributed by atoms with Crippen LogP contribution in [-0.4, -0.2) is 23.1 Å². The number of unbranched alkanes of at least 4 members (excludes halogenated alkanes) is 3. The summed E-state index contributed by atoms with van der Waals surface area (Å²) in [5, 5.41) is 8.48. The van der Waals surface area contributed by atoms with Crippen molar-refractivity contribution in [2.75, 3.05) is 0 Å². The Labute approximate surface area is 116 Å². The van der Waals surface area contributed by atoms with Gasteiger partial charge in [-0.15, -0.1) is 0 Å². The van der Waals surface area contributed by atoms with Crippen LogP contribution in [0.3, 0.4) is 0 Å². The molecule has 0 atom stereocenters. The molecule has 0 aromatic rings. The number of esters is 1. The third-order valence-electron chi connectivity index (χ3n) is 3.04. The Morgan fingerprint density at radius 2 is 1.47 bits per heavy atom. The summed E-state index contributed by atoms with van der Waals surface area (Å²) < 4.78 is 5.44. The number of aliphatic carboxylic acids is 1. The second kappa shape index (κ2) is 12.0. The number of carbonyl (C=O) groups excluding carboxylic acids is 1. The van der Waals surface area contributed by atoms with Gasteiger partial charge in [0.1, 0.15) is 6.10 Å². The third kappa shape index (κ3) is 11.7. The molecule has 0 aliphatic carbocycles. The van der Waals surface area contributed by atoms with Crippen molar-refractivity contribution in [3.8, 4) is 0 Å². The van der Waals surface area contributed by atoms with Crippen molar-refractivity contribution in [2.24, 2.45) is 0 Å². The van der Waals surface area contributed by atoms with Crippen molar-refractivity contribution in [3.63, 3.8) is 0 Å². The number of ether oxygens (including phenoxy) is 1. The predicted molar refractivity (Wildman–Crippen MR) is 75.0 cm³/mol. The molecule has 0 saturated carbocycles. The first kappa shape index (κ1) is 17.9. The molecule has 0 bridgehead atoms. The van der Waals surface area contributed by atoms with Gasteiger partial charge in [-0.2, -0.15) is 0 Å². The molecule has 1 N–H and O–H groups in total. The molecule has 0 spiro atoms.